The van der Waals surface area contributed by atoms with Crippen molar-refractivity contribution in [2.45, 2.75) is 18.6 Å². The minimum atomic E-state index is -1.19. The predicted octanol–water partition coefficient (Wildman–Crippen LogP) is 3.30. The van der Waals surface area contributed by atoms with Gasteiger partial charge in [-0.1, -0.05) is 6.92 Å². The molecule has 0 saturated carbocycles. The standard InChI is InChI=1S/C13H17F2NO2S/c1-8(19-3)6-7-16-10-5-4-9(13(17)18-2)11(14)12(10)15/h4-5,8,16H,6-7H2,1-3H3. The van der Waals surface area contributed by atoms with Crippen LogP contribution in [0.15, 0.2) is 12.1 Å². The number of hydrogen-bond donors (Lipinski definition) is 1. The molecule has 1 N–H and O–H groups in total. The van der Waals surface area contributed by atoms with Gasteiger partial charge < -0.3 is 10.1 Å². The molecule has 1 aromatic carbocycles. The molecule has 0 radical (unpaired) electrons. The van der Waals surface area contributed by atoms with Crippen LogP contribution in [0.2, 0.25) is 0 Å². The second kappa shape index (κ2) is 7.33. The van der Waals surface area contributed by atoms with E-state index in [9.17, 15) is 13.6 Å². The highest BCUT2D eigenvalue weighted by atomic mass is 32.2. The highest BCUT2D eigenvalue weighted by molar-refractivity contribution is 7.99. The zero-order valence-corrected chi connectivity index (χ0v) is 11.9. The molecule has 19 heavy (non-hydrogen) atoms. The van der Waals surface area contributed by atoms with Gasteiger partial charge in [0.2, 0.25) is 0 Å². The van der Waals surface area contributed by atoms with Crippen molar-refractivity contribution in [3.63, 3.8) is 0 Å². The van der Waals surface area contributed by atoms with Crippen molar-refractivity contribution in [2.75, 3.05) is 25.2 Å². The molecular weight excluding hydrogens is 272 g/mol. The lowest BCUT2D eigenvalue weighted by Crippen LogP contribution is -2.12. The molecule has 106 valence electrons. The number of carbonyl (C=O) groups is 1. The summed E-state index contributed by atoms with van der Waals surface area (Å²) in [6.07, 6.45) is 2.83. The Kier molecular flexibility index (Phi) is 6.08. The zero-order valence-electron chi connectivity index (χ0n) is 11.1. The average molecular weight is 289 g/mol. The summed E-state index contributed by atoms with van der Waals surface area (Å²) >= 11 is 1.71. The van der Waals surface area contributed by atoms with E-state index in [-0.39, 0.29) is 5.69 Å². The number of ether oxygens (including phenoxy) is 1. The van der Waals surface area contributed by atoms with E-state index < -0.39 is 23.2 Å². The Hall–Kier alpha value is -1.30. The topological polar surface area (TPSA) is 38.3 Å². The van der Waals surface area contributed by atoms with E-state index in [1.165, 1.54) is 12.1 Å². The van der Waals surface area contributed by atoms with Crippen molar-refractivity contribution < 1.29 is 18.3 Å². The second-order valence-corrected chi connectivity index (χ2v) is 5.32. The van der Waals surface area contributed by atoms with Gasteiger partial charge in [0.15, 0.2) is 11.6 Å². The highest BCUT2D eigenvalue weighted by Crippen LogP contribution is 2.21. The Labute approximate surface area is 115 Å². The molecule has 6 heteroatoms. The molecule has 1 unspecified atom stereocenters. The minimum Gasteiger partial charge on any atom is -0.465 e. The molecule has 0 aromatic heterocycles. The van der Waals surface area contributed by atoms with E-state index in [4.69, 9.17) is 0 Å². The van der Waals surface area contributed by atoms with E-state index in [1.54, 1.807) is 11.8 Å². The van der Waals surface area contributed by atoms with Crippen LogP contribution in [-0.4, -0.2) is 31.1 Å². The first-order chi connectivity index (χ1) is 9.01. The third kappa shape index (κ3) is 4.09. The SMILES string of the molecule is COC(=O)c1ccc(NCCC(C)SC)c(F)c1F. The van der Waals surface area contributed by atoms with Crippen molar-refractivity contribution in [3.05, 3.63) is 29.3 Å². The van der Waals surface area contributed by atoms with Gasteiger partial charge in [-0.2, -0.15) is 11.8 Å². The molecule has 1 rings (SSSR count). The molecule has 1 atom stereocenters. The quantitative estimate of drug-likeness (QED) is 0.815. The van der Waals surface area contributed by atoms with E-state index in [0.717, 1.165) is 13.5 Å². The van der Waals surface area contributed by atoms with Crippen molar-refractivity contribution in [3.8, 4) is 0 Å². The summed E-state index contributed by atoms with van der Waals surface area (Å²) < 4.78 is 31.7. The van der Waals surface area contributed by atoms with E-state index in [0.29, 0.717) is 11.8 Å². The van der Waals surface area contributed by atoms with Gasteiger partial charge in [0, 0.05) is 11.8 Å². The average Bonchev–Trinajstić information content (AvgIpc) is 2.42. The van der Waals surface area contributed by atoms with Crippen LogP contribution in [0.3, 0.4) is 0 Å². The van der Waals surface area contributed by atoms with Crippen LogP contribution >= 0.6 is 11.8 Å². The lowest BCUT2D eigenvalue weighted by molar-refractivity contribution is 0.0594. The van der Waals surface area contributed by atoms with Gasteiger partial charge in [-0.25, -0.2) is 13.6 Å². The Morgan fingerprint density at radius 1 is 1.42 bits per heavy atom. The number of hydrogen-bond acceptors (Lipinski definition) is 4. The predicted molar refractivity (Wildman–Crippen MR) is 73.8 cm³/mol. The molecule has 1 aromatic rings. The van der Waals surface area contributed by atoms with Crippen molar-refractivity contribution in [2.24, 2.45) is 0 Å². The van der Waals surface area contributed by atoms with Crippen LogP contribution in [0.1, 0.15) is 23.7 Å². The smallest absolute Gasteiger partial charge is 0.340 e. The number of anilines is 1. The van der Waals surface area contributed by atoms with Crippen LogP contribution in [0.4, 0.5) is 14.5 Å². The fourth-order valence-corrected chi connectivity index (χ4v) is 1.84. The second-order valence-electron chi connectivity index (χ2n) is 4.04. The van der Waals surface area contributed by atoms with Gasteiger partial charge >= 0.3 is 5.97 Å². The van der Waals surface area contributed by atoms with E-state index in [2.05, 4.69) is 17.0 Å². The Balaban J connectivity index is 2.76. The molecule has 0 saturated heterocycles. The van der Waals surface area contributed by atoms with Gasteiger partial charge in [0.05, 0.1) is 18.4 Å². The lowest BCUT2D eigenvalue weighted by atomic mass is 10.1. The van der Waals surface area contributed by atoms with Crippen molar-refractivity contribution >= 4 is 23.4 Å². The first-order valence-electron chi connectivity index (χ1n) is 5.84. The molecule has 0 aliphatic heterocycles. The van der Waals surface area contributed by atoms with E-state index in [1.807, 2.05) is 6.26 Å². The Bertz CT molecular complexity index is 455. The Morgan fingerprint density at radius 3 is 2.68 bits per heavy atom. The van der Waals surface area contributed by atoms with Crippen molar-refractivity contribution in [1.29, 1.82) is 0 Å². The van der Waals surface area contributed by atoms with Crippen LogP contribution in [0, 0.1) is 11.6 Å². The summed E-state index contributed by atoms with van der Waals surface area (Å²) in [5.41, 5.74) is -0.346. The van der Waals surface area contributed by atoms with Crippen LogP contribution in [0.5, 0.6) is 0 Å². The van der Waals surface area contributed by atoms with Gasteiger partial charge in [-0.3, -0.25) is 0 Å². The maximum Gasteiger partial charge on any atom is 0.340 e. The van der Waals surface area contributed by atoms with Gasteiger partial charge in [0.25, 0.3) is 0 Å². The van der Waals surface area contributed by atoms with Crippen molar-refractivity contribution in [1.82, 2.24) is 0 Å². The normalized spacial score (nSPS) is 12.1. The maximum atomic E-state index is 13.7. The largest absolute Gasteiger partial charge is 0.465 e. The summed E-state index contributed by atoms with van der Waals surface area (Å²) in [5, 5.41) is 3.26. The number of nitrogens with one attached hydrogen (secondary N) is 1. The molecule has 0 aliphatic rings. The lowest BCUT2D eigenvalue weighted by Gasteiger charge is -2.12. The summed E-state index contributed by atoms with van der Waals surface area (Å²) in [7, 11) is 1.12. The van der Waals surface area contributed by atoms with Gasteiger partial charge in [0.1, 0.15) is 0 Å². The monoisotopic (exact) mass is 289 g/mol. The highest BCUT2D eigenvalue weighted by Gasteiger charge is 2.18. The van der Waals surface area contributed by atoms with Crippen LogP contribution in [0.25, 0.3) is 0 Å². The zero-order chi connectivity index (χ0) is 14.4. The number of esters is 1. The van der Waals surface area contributed by atoms with Gasteiger partial charge in [-0.15, -0.1) is 0 Å². The number of benzene rings is 1. The fourth-order valence-electron chi connectivity index (χ4n) is 1.48. The fraction of sp³-hybridized carbons (Fsp3) is 0.462. The molecule has 3 nitrogen and oxygen atoms in total. The summed E-state index contributed by atoms with van der Waals surface area (Å²) in [4.78, 5) is 11.2. The molecule has 0 bridgehead atoms. The first-order valence-corrected chi connectivity index (χ1v) is 7.13. The molecule has 0 fully saturated rings. The maximum absolute atomic E-state index is 13.7. The molecule has 0 heterocycles. The first kappa shape index (κ1) is 15.8. The third-order valence-corrected chi connectivity index (χ3v) is 3.80. The molecular formula is C13H17F2NO2S. The minimum absolute atomic E-state index is 0.0541. The number of carbonyl (C=O) groups excluding carboxylic acids is 1. The summed E-state index contributed by atoms with van der Waals surface area (Å²) in [5.74, 6) is -3.13. The molecule has 0 aliphatic carbocycles. The number of rotatable bonds is 6. The van der Waals surface area contributed by atoms with Crippen LogP contribution < -0.4 is 5.32 Å². The number of halogens is 2. The summed E-state index contributed by atoms with van der Waals surface area (Å²) in [6.45, 7) is 2.60. The number of methoxy groups -OCH3 is 1. The van der Waals surface area contributed by atoms with Crippen LogP contribution in [-0.2, 0) is 4.74 Å². The Morgan fingerprint density at radius 2 is 2.11 bits per heavy atom. The van der Waals surface area contributed by atoms with E-state index >= 15 is 0 Å². The number of thioether (sulfide) groups is 1. The van der Waals surface area contributed by atoms with Gasteiger partial charge in [-0.05, 0) is 24.8 Å². The third-order valence-electron chi connectivity index (χ3n) is 2.76. The molecule has 0 amide bonds. The molecule has 0 spiro atoms. The summed E-state index contributed by atoms with van der Waals surface area (Å²) in [6, 6.07) is 2.55.